The van der Waals surface area contributed by atoms with Crippen molar-refractivity contribution in [2.24, 2.45) is 0 Å². The number of halogens is 1. The molecular formula is C13H15BrO4. The summed E-state index contributed by atoms with van der Waals surface area (Å²) in [5.74, 6) is 0.891. The Morgan fingerprint density at radius 1 is 1.44 bits per heavy atom. The molecule has 1 aromatic carbocycles. The van der Waals surface area contributed by atoms with Crippen LogP contribution in [-0.2, 0) is 9.53 Å². The minimum atomic E-state index is -0.442. The summed E-state index contributed by atoms with van der Waals surface area (Å²) in [6.45, 7) is 5.76. The van der Waals surface area contributed by atoms with E-state index < -0.39 is 5.97 Å². The summed E-state index contributed by atoms with van der Waals surface area (Å²) < 4.78 is 16.1. The molecule has 0 spiro atoms. The Kier molecular flexibility index (Phi) is 5.71. The van der Waals surface area contributed by atoms with Crippen LogP contribution in [0.5, 0.6) is 11.5 Å². The van der Waals surface area contributed by atoms with Crippen molar-refractivity contribution in [2.75, 3.05) is 20.3 Å². The highest BCUT2D eigenvalue weighted by atomic mass is 79.9. The lowest BCUT2D eigenvalue weighted by Crippen LogP contribution is -2.13. The number of ether oxygens (including phenoxy) is 3. The molecule has 0 N–H and O–H groups in total. The Labute approximate surface area is 115 Å². The van der Waals surface area contributed by atoms with Crippen molar-refractivity contribution in [3.8, 4) is 11.5 Å². The van der Waals surface area contributed by atoms with Gasteiger partial charge < -0.3 is 14.2 Å². The predicted octanol–water partition coefficient (Wildman–Crippen LogP) is 2.96. The summed E-state index contributed by atoms with van der Waals surface area (Å²) >= 11 is 3.35. The molecule has 0 unspecified atom stereocenters. The molecule has 1 rings (SSSR count). The van der Waals surface area contributed by atoms with Crippen LogP contribution in [0, 0.1) is 0 Å². The minimum absolute atomic E-state index is 0.0871. The standard InChI is InChI=1S/C13H15BrO4/c1-4-17-13(15)9(2)8-18-12-6-5-10(16-3)7-11(12)14/h5-7H,2,4,8H2,1,3H3. The van der Waals surface area contributed by atoms with E-state index in [9.17, 15) is 4.79 Å². The molecule has 0 saturated carbocycles. The van der Waals surface area contributed by atoms with E-state index in [2.05, 4.69) is 22.5 Å². The summed E-state index contributed by atoms with van der Waals surface area (Å²) in [6.07, 6.45) is 0. The number of rotatable bonds is 6. The van der Waals surface area contributed by atoms with E-state index in [4.69, 9.17) is 14.2 Å². The Balaban J connectivity index is 2.58. The molecule has 0 aliphatic heterocycles. The van der Waals surface area contributed by atoms with E-state index in [-0.39, 0.29) is 12.2 Å². The number of esters is 1. The molecule has 0 radical (unpaired) electrons. The average molecular weight is 315 g/mol. The van der Waals surface area contributed by atoms with Gasteiger partial charge in [-0.1, -0.05) is 6.58 Å². The van der Waals surface area contributed by atoms with Crippen molar-refractivity contribution in [2.45, 2.75) is 6.92 Å². The maximum atomic E-state index is 11.3. The van der Waals surface area contributed by atoms with Crippen LogP contribution in [0.2, 0.25) is 0 Å². The van der Waals surface area contributed by atoms with E-state index in [1.54, 1.807) is 32.2 Å². The molecule has 0 amide bonds. The largest absolute Gasteiger partial charge is 0.497 e. The zero-order valence-electron chi connectivity index (χ0n) is 10.4. The molecule has 5 heteroatoms. The first-order valence-corrected chi connectivity index (χ1v) is 6.19. The Morgan fingerprint density at radius 3 is 2.72 bits per heavy atom. The van der Waals surface area contributed by atoms with Crippen LogP contribution in [0.25, 0.3) is 0 Å². The molecule has 0 atom stereocenters. The smallest absolute Gasteiger partial charge is 0.336 e. The highest BCUT2D eigenvalue weighted by molar-refractivity contribution is 9.10. The van der Waals surface area contributed by atoms with Crippen molar-refractivity contribution in [3.63, 3.8) is 0 Å². The number of hydrogen-bond acceptors (Lipinski definition) is 4. The first-order chi connectivity index (χ1) is 8.58. The third-order valence-corrected chi connectivity index (χ3v) is 2.72. The van der Waals surface area contributed by atoms with Crippen LogP contribution in [0.4, 0.5) is 0 Å². The van der Waals surface area contributed by atoms with Gasteiger partial charge in [0.05, 0.1) is 23.8 Å². The Bertz CT molecular complexity index is 443. The molecule has 0 aliphatic carbocycles. The molecule has 0 aliphatic rings. The summed E-state index contributed by atoms with van der Waals surface area (Å²) in [7, 11) is 1.59. The second kappa shape index (κ2) is 7.06. The normalized spacial score (nSPS) is 9.72. The fourth-order valence-corrected chi connectivity index (χ4v) is 1.65. The fourth-order valence-electron chi connectivity index (χ4n) is 1.18. The third kappa shape index (κ3) is 4.07. The summed E-state index contributed by atoms with van der Waals surface area (Å²) in [4.78, 5) is 11.3. The lowest BCUT2D eigenvalue weighted by atomic mass is 10.3. The summed E-state index contributed by atoms with van der Waals surface area (Å²) in [5, 5.41) is 0. The highest BCUT2D eigenvalue weighted by Crippen LogP contribution is 2.29. The molecule has 18 heavy (non-hydrogen) atoms. The van der Waals surface area contributed by atoms with Crippen molar-refractivity contribution < 1.29 is 19.0 Å². The van der Waals surface area contributed by atoms with E-state index >= 15 is 0 Å². The van der Waals surface area contributed by atoms with Gasteiger partial charge in [0.25, 0.3) is 0 Å². The van der Waals surface area contributed by atoms with Gasteiger partial charge in [-0.2, -0.15) is 0 Å². The molecule has 0 saturated heterocycles. The van der Waals surface area contributed by atoms with Gasteiger partial charge in [-0.05, 0) is 41.1 Å². The maximum Gasteiger partial charge on any atom is 0.336 e. The molecule has 0 fully saturated rings. The topological polar surface area (TPSA) is 44.8 Å². The highest BCUT2D eigenvalue weighted by Gasteiger charge is 2.10. The Hall–Kier alpha value is -1.49. The van der Waals surface area contributed by atoms with Crippen molar-refractivity contribution in [3.05, 3.63) is 34.8 Å². The van der Waals surface area contributed by atoms with Crippen LogP contribution in [0.15, 0.2) is 34.8 Å². The van der Waals surface area contributed by atoms with Gasteiger partial charge in [-0.25, -0.2) is 4.79 Å². The molecule has 0 aromatic heterocycles. The van der Waals surface area contributed by atoms with Crippen molar-refractivity contribution in [1.82, 2.24) is 0 Å². The second-order valence-corrected chi connectivity index (χ2v) is 4.26. The molecule has 1 aromatic rings. The molecule has 0 bridgehead atoms. The molecule has 0 heterocycles. The number of carbonyl (C=O) groups is 1. The fraction of sp³-hybridized carbons (Fsp3) is 0.308. The zero-order valence-corrected chi connectivity index (χ0v) is 12.0. The molecule has 4 nitrogen and oxygen atoms in total. The lowest BCUT2D eigenvalue weighted by Gasteiger charge is -2.10. The van der Waals surface area contributed by atoms with Crippen LogP contribution in [0.1, 0.15) is 6.92 Å². The van der Waals surface area contributed by atoms with Crippen molar-refractivity contribution >= 4 is 21.9 Å². The first-order valence-electron chi connectivity index (χ1n) is 5.39. The van der Waals surface area contributed by atoms with Crippen LogP contribution in [-0.4, -0.2) is 26.3 Å². The molecule has 98 valence electrons. The predicted molar refractivity (Wildman–Crippen MR) is 72.0 cm³/mol. The summed E-state index contributed by atoms with van der Waals surface area (Å²) in [5.41, 5.74) is 0.277. The second-order valence-electron chi connectivity index (χ2n) is 3.41. The van der Waals surface area contributed by atoms with Crippen LogP contribution >= 0.6 is 15.9 Å². The van der Waals surface area contributed by atoms with Gasteiger partial charge in [0.15, 0.2) is 0 Å². The van der Waals surface area contributed by atoms with E-state index in [0.717, 1.165) is 10.2 Å². The minimum Gasteiger partial charge on any atom is -0.497 e. The van der Waals surface area contributed by atoms with Gasteiger partial charge in [-0.15, -0.1) is 0 Å². The number of carbonyl (C=O) groups excluding carboxylic acids is 1. The van der Waals surface area contributed by atoms with Crippen LogP contribution in [0.3, 0.4) is 0 Å². The number of hydrogen-bond donors (Lipinski definition) is 0. The third-order valence-electron chi connectivity index (χ3n) is 2.11. The molecular weight excluding hydrogens is 300 g/mol. The maximum absolute atomic E-state index is 11.3. The van der Waals surface area contributed by atoms with Gasteiger partial charge in [0, 0.05) is 0 Å². The van der Waals surface area contributed by atoms with Gasteiger partial charge in [-0.3, -0.25) is 0 Å². The average Bonchev–Trinajstić information content (AvgIpc) is 2.37. The number of methoxy groups -OCH3 is 1. The SMILES string of the molecule is C=C(COc1ccc(OC)cc1Br)C(=O)OCC. The lowest BCUT2D eigenvalue weighted by molar-refractivity contribution is -0.138. The monoisotopic (exact) mass is 314 g/mol. The summed E-state index contributed by atoms with van der Waals surface area (Å²) in [6, 6.07) is 5.30. The Morgan fingerprint density at radius 2 is 2.17 bits per heavy atom. The van der Waals surface area contributed by atoms with Crippen LogP contribution < -0.4 is 9.47 Å². The van der Waals surface area contributed by atoms with E-state index in [1.165, 1.54) is 0 Å². The first kappa shape index (κ1) is 14.6. The zero-order chi connectivity index (χ0) is 13.5. The van der Waals surface area contributed by atoms with Gasteiger partial charge in [0.1, 0.15) is 18.1 Å². The van der Waals surface area contributed by atoms with E-state index in [1.807, 2.05) is 0 Å². The quantitative estimate of drug-likeness (QED) is 0.598. The number of benzene rings is 1. The van der Waals surface area contributed by atoms with Gasteiger partial charge >= 0.3 is 5.97 Å². The van der Waals surface area contributed by atoms with E-state index in [0.29, 0.717) is 12.4 Å². The van der Waals surface area contributed by atoms with Crippen molar-refractivity contribution in [1.29, 1.82) is 0 Å². The van der Waals surface area contributed by atoms with Gasteiger partial charge in [0.2, 0.25) is 0 Å².